The Labute approximate surface area is 214 Å². The van der Waals surface area contributed by atoms with E-state index in [1.165, 1.54) is 16.7 Å². The summed E-state index contributed by atoms with van der Waals surface area (Å²) in [5, 5.41) is 18.2. The summed E-state index contributed by atoms with van der Waals surface area (Å²) in [4.78, 5) is 38.5. The minimum Gasteiger partial charge on any atom is -0.548 e. The van der Waals surface area contributed by atoms with Gasteiger partial charge in [-0.3, -0.25) is 9.59 Å². The van der Waals surface area contributed by atoms with Crippen LogP contribution in [0.4, 0.5) is 0 Å². The van der Waals surface area contributed by atoms with Gasteiger partial charge < -0.3 is 24.6 Å². The molecule has 4 rings (SSSR count). The molecule has 2 fully saturated rings. The summed E-state index contributed by atoms with van der Waals surface area (Å²) in [6.07, 6.45) is 0. The first-order valence-electron chi connectivity index (χ1n) is 8.97. The van der Waals surface area contributed by atoms with Gasteiger partial charge in [0.2, 0.25) is 5.91 Å². The minimum atomic E-state index is -1.32. The monoisotopic (exact) mass is 491 g/mol. The zero-order chi connectivity index (χ0) is 22.0. The molecule has 2 saturated heterocycles. The number of aliphatic carboxylic acids is 1. The average molecular weight is 492 g/mol. The summed E-state index contributed by atoms with van der Waals surface area (Å²) in [5.41, 5.74) is 0.615. The molecule has 2 aliphatic heterocycles. The standard InChI is InChI=1S/C19H17Cl2N3O5S.Na/c1-7-10(12(23-29-7)11-8(20)5-4-6-9(11)21)15(25)22-13-16(26)24-14(18(27)28)19(2,3)30-17(13)24;/h4-6,13-14,17H,1-3H3,(H,22,25)(H,27,28);/q;+1/p-1/t13-,14+,17-;/m1./s1. The van der Waals surface area contributed by atoms with Gasteiger partial charge in [0.1, 0.15) is 28.4 Å². The number of rotatable bonds is 4. The van der Waals surface area contributed by atoms with Crippen LogP contribution in [0.1, 0.15) is 30.0 Å². The molecule has 0 unspecified atom stereocenters. The van der Waals surface area contributed by atoms with Crippen LogP contribution in [0.15, 0.2) is 22.7 Å². The second-order valence-corrected chi connectivity index (χ2v) is 10.2. The van der Waals surface area contributed by atoms with E-state index >= 15 is 0 Å². The van der Waals surface area contributed by atoms with Crippen LogP contribution < -0.4 is 40.0 Å². The summed E-state index contributed by atoms with van der Waals surface area (Å²) in [6, 6.07) is 2.94. The summed E-state index contributed by atoms with van der Waals surface area (Å²) in [6.45, 7) is 5.01. The molecule has 0 aliphatic carbocycles. The van der Waals surface area contributed by atoms with E-state index in [-0.39, 0.29) is 46.6 Å². The van der Waals surface area contributed by atoms with Crippen LogP contribution in [0.25, 0.3) is 11.3 Å². The van der Waals surface area contributed by atoms with E-state index in [1.54, 1.807) is 39.0 Å². The molecule has 0 saturated carbocycles. The van der Waals surface area contributed by atoms with Gasteiger partial charge in [0, 0.05) is 10.3 Å². The number of carboxylic acid groups (broad SMARTS) is 1. The first-order valence-corrected chi connectivity index (χ1v) is 10.6. The van der Waals surface area contributed by atoms with Crippen LogP contribution in [-0.4, -0.2) is 50.0 Å². The van der Waals surface area contributed by atoms with Crippen molar-refractivity contribution in [1.29, 1.82) is 0 Å². The molecule has 1 aromatic heterocycles. The number of carboxylic acids is 1. The van der Waals surface area contributed by atoms with Crippen LogP contribution in [0.5, 0.6) is 0 Å². The molecule has 158 valence electrons. The Morgan fingerprint density at radius 2 is 1.90 bits per heavy atom. The smallest absolute Gasteiger partial charge is 0.548 e. The van der Waals surface area contributed by atoms with Crippen LogP contribution >= 0.6 is 35.0 Å². The Bertz CT molecular complexity index is 1070. The predicted octanol–water partition coefficient (Wildman–Crippen LogP) is -1.13. The molecule has 2 aliphatic rings. The van der Waals surface area contributed by atoms with Gasteiger partial charge in [-0.15, -0.1) is 11.8 Å². The largest absolute Gasteiger partial charge is 1.00 e. The van der Waals surface area contributed by atoms with E-state index in [0.29, 0.717) is 15.6 Å². The van der Waals surface area contributed by atoms with Gasteiger partial charge in [0.05, 0.1) is 22.1 Å². The average Bonchev–Trinajstić information content (AvgIpc) is 3.14. The van der Waals surface area contributed by atoms with Crippen LogP contribution in [0.2, 0.25) is 10.0 Å². The number of thioether (sulfide) groups is 1. The van der Waals surface area contributed by atoms with E-state index in [2.05, 4.69) is 10.5 Å². The summed E-state index contributed by atoms with van der Waals surface area (Å²) in [5.74, 6) is -2.16. The second kappa shape index (κ2) is 8.61. The molecule has 0 bridgehead atoms. The van der Waals surface area contributed by atoms with E-state index in [4.69, 9.17) is 27.7 Å². The Hall–Kier alpha value is -1.23. The maximum absolute atomic E-state index is 13.1. The third kappa shape index (κ3) is 3.89. The number of fused-ring (bicyclic) bond motifs is 1. The van der Waals surface area contributed by atoms with E-state index < -0.39 is 40.0 Å². The van der Waals surface area contributed by atoms with E-state index in [1.807, 2.05) is 0 Å². The zero-order valence-electron chi connectivity index (χ0n) is 17.1. The molecule has 3 heterocycles. The van der Waals surface area contributed by atoms with Gasteiger partial charge in [-0.1, -0.05) is 34.4 Å². The van der Waals surface area contributed by atoms with Crippen molar-refractivity contribution in [2.45, 2.75) is 43.0 Å². The Morgan fingerprint density at radius 3 is 2.48 bits per heavy atom. The molecule has 3 atom stereocenters. The van der Waals surface area contributed by atoms with Gasteiger partial charge in [0.15, 0.2) is 0 Å². The number of nitrogens with zero attached hydrogens (tertiary/aromatic N) is 2. The summed E-state index contributed by atoms with van der Waals surface area (Å²) in [7, 11) is 0. The molecule has 0 radical (unpaired) electrons. The number of carbonyl (C=O) groups is 3. The number of amides is 2. The Morgan fingerprint density at radius 1 is 1.29 bits per heavy atom. The minimum absolute atomic E-state index is 0. The van der Waals surface area contributed by atoms with Crippen molar-refractivity contribution in [2.75, 3.05) is 0 Å². The molecule has 1 N–H and O–H groups in total. The number of hydrogen-bond donors (Lipinski definition) is 1. The molecule has 0 spiro atoms. The van der Waals surface area contributed by atoms with Crippen molar-refractivity contribution in [2.24, 2.45) is 0 Å². The van der Waals surface area contributed by atoms with Crippen molar-refractivity contribution in [3.8, 4) is 11.3 Å². The first-order chi connectivity index (χ1) is 14.0. The van der Waals surface area contributed by atoms with Crippen molar-refractivity contribution in [3.05, 3.63) is 39.6 Å². The second-order valence-electron chi connectivity index (χ2n) is 7.59. The van der Waals surface area contributed by atoms with Crippen molar-refractivity contribution in [1.82, 2.24) is 15.4 Å². The van der Waals surface area contributed by atoms with Crippen LogP contribution in [0.3, 0.4) is 0 Å². The number of aromatic nitrogens is 1. The maximum Gasteiger partial charge on any atom is 1.00 e. The van der Waals surface area contributed by atoms with Crippen molar-refractivity contribution in [3.63, 3.8) is 0 Å². The fourth-order valence-corrected chi connectivity index (χ4v) is 6.07. The summed E-state index contributed by atoms with van der Waals surface area (Å²) < 4.78 is 4.45. The number of hydrogen-bond acceptors (Lipinski definition) is 7. The zero-order valence-corrected chi connectivity index (χ0v) is 21.4. The number of aryl methyl sites for hydroxylation is 1. The maximum atomic E-state index is 13.1. The molecule has 31 heavy (non-hydrogen) atoms. The van der Waals surface area contributed by atoms with Crippen molar-refractivity contribution >= 4 is 52.7 Å². The molecular weight excluding hydrogens is 476 g/mol. The van der Waals surface area contributed by atoms with Crippen LogP contribution in [-0.2, 0) is 9.59 Å². The normalized spacial score (nSPS) is 23.6. The topological polar surface area (TPSA) is 116 Å². The number of β-lactam (4-membered cyclic amide) rings is 1. The van der Waals surface area contributed by atoms with Gasteiger partial charge in [-0.25, -0.2) is 0 Å². The number of carbonyl (C=O) groups excluding carboxylic acids is 3. The number of halogens is 2. The molecule has 12 heteroatoms. The fraction of sp³-hybridized carbons (Fsp3) is 0.368. The predicted molar refractivity (Wildman–Crippen MR) is 109 cm³/mol. The quantitative estimate of drug-likeness (QED) is 0.425. The molecule has 8 nitrogen and oxygen atoms in total. The van der Waals surface area contributed by atoms with E-state index in [0.717, 1.165) is 0 Å². The number of nitrogens with one attached hydrogen (secondary N) is 1. The van der Waals surface area contributed by atoms with Gasteiger partial charge in [-0.2, -0.15) is 0 Å². The van der Waals surface area contributed by atoms with E-state index in [9.17, 15) is 19.5 Å². The SMILES string of the molecule is Cc1onc(-c2c(Cl)cccc2Cl)c1C(=O)N[C@@H]1C(=O)N2[C@@H]1SC(C)(C)[C@@H]2C(=O)[O-].[Na+]. The van der Waals surface area contributed by atoms with Crippen LogP contribution in [0, 0.1) is 6.92 Å². The third-order valence-corrected chi connectivity index (χ3v) is 7.44. The molecule has 2 aromatic rings. The molecule has 1 aromatic carbocycles. The summed E-state index contributed by atoms with van der Waals surface area (Å²) >= 11 is 13.8. The fourth-order valence-electron chi connectivity index (χ4n) is 3.87. The number of benzene rings is 1. The molecule has 2 amide bonds. The van der Waals surface area contributed by atoms with Crippen molar-refractivity contribution < 1.29 is 53.6 Å². The molecular formula is C19H16Cl2N3NaO5S. The van der Waals surface area contributed by atoms with Gasteiger partial charge in [-0.05, 0) is 32.9 Å². The Balaban J connectivity index is 0.00000272. The Kier molecular flexibility index (Phi) is 6.78. The van der Waals surface area contributed by atoms with Gasteiger partial charge in [0.25, 0.3) is 5.91 Å². The first kappa shape index (κ1) is 24.4. The third-order valence-electron chi connectivity index (χ3n) is 5.24. The van der Waals surface area contributed by atoms with Gasteiger partial charge >= 0.3 is 29.6 Å².